The highest BCUT2D eigenvalue weighted by atomic mass is 19.1. The first-order valence-electron chi connectivity index (χ1n) is 9.51. The third kappa shape index (κ3) is 3.00. The molecule has 0 unspecified atom stereocenters. The van der Waals surface area contributed by atoms with E-state index in [1.807, 2.05) is 9.80 Å². The zero-order valence-electron chi connectivity index (χ0n) is 14.9. The molecule has 8 heteroatoms. The number of aliphatic hydroxyl groups is 1. The van der Waals surface area contributed by atoms with Gasteiger partial charge >= 0.3 is 0 Å². The molecule has 1 saturated carbocycles. The molecule has 1 aromatic rings. The van der Waals surface area contributed by atoms with Crippen LogP contribution in [-0.2, 0) is 4.79 Å². The average molecular weight is 363 g/mol. The average Bonchev–Trinajstić information content (AvgIpc) is 2.94. The monoisotopic (exact) mass is 363 g/mol. The number of hydrogen-bond donors (Lipinski definition) is 2. The van der Waals surface area contributed by atoms with Gasteiger partial charge in [-0.1, -0.05) is 0 Å². The lowest BCUT2D eigenvalue weighted by Gasteiger charge is -2.40. The summed E-state index contributed by atoms with van der Waals surface area (Å²) in [5.74, 6) is -0.161. The van der Waals surface area contributed by atoms with E-state index >= 15 is 0 Å². The summed E-state index contributed by atoms with van der Waals surface area (Å²) in [4.78, 5) is 25.4. The summed E-state index contributed by atoms with van der Waals surface area (Å²) in [6.07, 6.45) is 6.76. The molecule has 1 amide bonds. The number of carbonyl (C=O) groups excluding carboxylic acids is 1. The quantitative estimate of drug-likeness (QED) is 0.823. The maximum absolute atomic E-state index is 13.4. The molecule has 26 heavy (non-hydrogen) atoms. The maximum Gasteiger partial charge on any atom is 0.230 e. The lowest BCUT2D eigenvalue weighted by molar-refractivity contribution is -0.139. The van der Waals surface area contributed by atoms with Gasteiger partial charge in [0.2, 0.25) is 11.9 Å². The van der Waals surface area contributed by atoms with Crippen molar-refractivity contribution in [2.45, 2.75) is 57.1 Å². The normalized spacial score (nSPS) is 32.5. The Morgan fingerprint density at radius 3 is 2.73 bits per heavy atom. The van der Waals surface area contributed by atoms with Gasteiger partial charge in [0.05, 0.1) is 17.7 Å². The highest BCUT2D eigenvalue weighted by molar-refractivity contribution is 5.86. The summed E-state index contributed by atoms with van der Waals surface area (Å²) < 4.78 is 13.4. The molecular formula is C18H26FN5O2. The number of piperidine rings is 1. The van der Waals surface area contributed by atoms with Crippen LogP contribution in [0, 0.1) is 11.2 Å². The number of aliphatic hydroxyl groups excluding tert-OH is 1. The molecule has 0 bridgehead atoms. The van der Waals surface area contributed by atoms with E-state index in [2.05, 4.69) is 9.97 Å². The van der Waals surface area contributed by atoms with Crippen LogP contribution in [0.1, 0.15) is 44.9 Å². The van der Waals surface area contributed by atoms with Crippen molar-refractivity contribution < 1.29 is 14.3 Å². The standard InChI is InChI=1S/C18H26FN5O2/c19-14-10-21-17(22-15(14)20)23-8-1-6-18(11-23)7-9-24(16(18)26)12-2-4-13(25)5-3-12/h10,12-13,25H,1-9,11H2,(H2,20,21,22)/t12-,13-,18-/m1/s1. The Morgan fingerprint density at radius 1 is 1.23 bits per heavy atom. The molecule has 2 saturated heterocycles. The van der Waals surface area contributed by atoms with E-state index in [1.54, 1.807) is 0 Å². The van der Waals surface area contributed by atoms with Crippen LogP contribution < -0.4 is 10.6 Å². The van der Waals surface area contributed by atoms with Crippen molar-refractivity contribution in [1.29, 1.82) is 0 Å². The molecule has 0 radical (unpaired) electrons. The van der Waals surface area contributed by atoms with Crippen molar-refractivity contribution >= 4 is 17.7 Å². The second kappa shape index (κ2) is 6.64. The summed E-state index contributed by atoms with van der Waals surface area (Å²) in [6, 6.07) is 0.248. The molecule has 3 fully saturated rings. The molecule has 4 rings (SSSR count). The smallest absolute Gasteiger partial charge is 0.230 e. The molecule has 1 aromatic heterocycles. The molecule has 2 aliphatic heterocycles. The Morgan fingerprint density at radius 2 is 2.00 bits per heavy atom. The van der Waals surface area contributed by atoms with Gasteiger partial charge in [0.1, 0.15) is 0 Å². The van der Waals surface area contributed by atoms with Gasteiger partial charge in [0.15, 0.2) is 11.6 Å². The Bertz CT molecular complexity index is 694. The van der Waals surface area contributed by atoms with Gasteiger partial charge in [-0.25, -0.2) is 9.37 Å². The Kier molecular flexibility index (Phi) is 4.46. The molecule has 1 atom stereocenters. The van der Waals surface area contributed by atoms with E-state index in [9.17, 15) is 14.3 Å². The van der Waals surface area contributed by atoms with Crippen LogP contribution >= 0.6 is 0 Å². The van der Waals surface area contributed by atoms with Gasteiger partial charge in [-0.05, 0) is 44.9 Å². The fraction of sp³-hybridized carbons (Fsp3) is 0.722. The first-order valence-corrected chi connectivity index (χ1v) is 9.51. The highest BCUT2D eigenvalue weighted by Crippen LogP contribution is 2.43. The van der Waals surface area contributed by atoms with Gasteiger partial charge < -0.3 is 20.6 Å². The van der Waals surface area contributed by atoms with Crippen molar-refractivity contribution in [3.05, 3.63) is 12.0 Å². The van der Waals surface area contributed by atoms with Gasteiger partial charge in [-0.2, -0.15) is 4.98 Å². The zero-order valence-corrected chi connectivity index (χ0v) is 14.9. The number of nitrogen functional groups attached to an aromatic ring is 1. The minimum atomic E-state index is -0.622. The maximum atomic E-state index is 13.4. The number of halogens is 1. The highest BCUT2D eigenvalue weighted by Gasteiger charge is 2.51. The van der Waals surface area contributed by atoms with Crippen molar-refractivity contribution in [3.63, 3.8) is 0 Å². The molecule has 1 aliphatic carbocycles. The van der Waals surface area contributed by atoms with Crippen molar-refractivity contribution in [3.8, 4) is 0 Å². The second-order valence-corrected chi connectivity index (χ2v) is 7.92. The fourth-order valence-electron chi connectivity index (χ4n) is 4.77. The molecular weight excluding hydrogens is 337 g/mol. The lowest BCUT2D eigenvalue weighted by atomic mass is 9.78. The molecule has 3 heterocycles. The lowest BCUT2D eigenvalue weighted by Crippen LogP contribution is -2.50. The van der Waals surface area contributed by atoms with Crippen molar-refractivity contribution in [2.24, 2.45) is 5.41 Å². The number of nitrogens with zero attached hydrogens (tertiary/aromatic N) is 4. The Balaban J connectivity index is 1.49. The van der Waals surface area contributed by atoms with E-state index in [1.165, 1.54) is 0 Å². The number of anilines is 2. The first-order chi connectivity index (χ1) is 12.5. The number of likely N-dealkylation sites (tertiary alicyclic amines) is 1. The summed E-state index contributed by atoms with van der Waals surface area (Å²) in [7, 11) is 0. The van der Waals surface area contributed by atoms with Gasteiger partial charge in [-0.3, -0.25) is 4.79 Å². The van der Waals surface area contributed by atoms with Crippen molar-refractivity contribution in [2.75, 3.05) is 30.3 Å². The van der Waals surface area contributed by atoms with Crippen LogP contribution in [0.5, 0.6) is 0 Å². The van der Waals surface area contributed by atoms with E-state index in [-0.39, 0.29) is 23.9 Å². The predicted molar refractivity (Wildman–Crippen MR) is 94.9 cm³/mol. The number of aromatic nitrogens is 2. The van der Waals surface area contributed by atoms with E-state index in [4.69, 9.17) is 5.73 Å². The summed E-state index contributed by atoms with van der Waals surface area (Å²) in [5, 5.41) is 9.72. The van der Waals surface area contributed by atoms with E-state index in [0.29, 0.717) is 12.5 Å². The van der Waals surface area contributed by atoms with Gasteiger partial charge in [0.25, 0.3) is 0 Å². The third-order valence-corrected chi connectivity index (χ3v) is 6.27. The summed E-state index contributed by atoms with van der Waals surface area (Å²) in [6.45, 7) is 2.08. The molecule has 7 nitrogen and oxygen atoms in total. The Hall–Kier alpha value is -1.96. The van der Waals surface area contributed by atoms with Gasteiger partial charge in [-0.15, -0.1) is 0 Å². The van der Waals surface area contributed by atoms with Crippen LogP contribution in [0.15, 0.2) is 6.20 Å². The molecule has 3 N–H and O–H groups in total. The molecule has 0 aromatic carbocycles. The number of amides is 1. The number of rotatable bonds is 2. The minimum absolute atomic E-state index is 0.158. The van der Waals surface area contributed by atoms with Crippen LogP contribution in [0.2, 0.25) is 0 Å². The van der Waals surface area contributed by atoms with E-state index in [0.717, 1.165) is 64.2 Å². The zero-order chi connectivity index (χ0) is 18.3. The third-order valence-electron chi connectivity index (χ3n) is 6.27. The van der Waals surface area contributed by atoms with Crippen LogP contribution in [0.25, 0.3) is 0 Å². The van der Waals surface area contributed by atoms with Gasteiger partial charge in [0, 0.05) is 25.7 Å². The largest absolute Gasteiger partial charge is 0.393 e. The van der Waals surface area contributed by atoms with Crippen LogP contribution in [-0.4, -0.2) is 57.7 Å². The molecule has 3 aliphatic rings. The predicted octanol–water partition coefficient (Wildman–Crippen LogP) is 1.32. The molecule has 1 spiro atoms. The fourth-order valence-corrected chi connectivity index (χ4v) is 4.77. The molecule has 142 valence electrons. The second-order valence-electron chi connectivity index (χ2n) is 7.92. The van der Waals surface area contributed by atoms with Crippen LogP contribution in [0.3, 0.4) is 0 Å². The summed E-state index contributed by atoms with van der Waals surface area (Å²) in [5.41, 5.74) is 5.18. The van der Waals surface area contributed by atoms with E-state index < -0.39 is 11.2 Å². The number of hydrogen-bond acceptors (Lipinski definition) is 6. The number of nitrogens with two attached hydrogens (primary N) is 1. The van der Waals surface area contributed by atoms with Crippen molar-refractivity contribution in [1.82, 2.24) is 14.9 Å². The minimum Gasteiger partial charge on any atom is -0.393 e. The SMILES string of the molecule is Nc1nc(N2CCC[C@@]3(CCN([C@H]4CC[C@H](O)CC4)C3=O)C2)ncc1F. The summed E-state index contributed by atoms with van der Waals surface area (Å²) >= 11 is 0. The number of carbonyl (C=O) groups is 1. The van der Waals surface area contributed by atoms with Crippen LogP contribution in [0.4, 0.5) is 16.2 Å². The topological polar surface area (TPSA) is 95.6 Å². The Labute approximate surface area is 152 Å². The first kappa shape index (κ1) is 17.5.